The molecule has 1 saturated heterocycles. The number of hydrogen-bond donors (Lipinski definition) is 3. The highest BCUT2D eigenvalue weighted by Gasteiger charge is 2.24. The summed E-state index contributed by atoms with van der Waals surface area (Å²) in [6.45, 7) is 2.89. The van der Waals surface area contributed by atoms with Crippen molar-refractivity contribution in [1.29, 1.82) is 0 Å². The van der Waals surface area contributed by atoms with Crippen molar-refractivity contribution >= 4 is 28.5 Å². The summed E-state index contributed by atoms with van der Waals surface area (Å²) in [6, 6.07) is 13.1. The topological polar surface area (TPSA) is 139 Å². The van der Waals surface area contributed by atoms with Crippen molar-refractivity contribution in [1.82, 2.24) is 25.1 Å². The second-order valence-corrected chi connectivity index (χ2v) is 8.48. The van der Waals surface area contributed by atoms with E-state index in [1.807, 2.05) is 37.3 Å². The normalized spacial score (nSPS) is 15.7. The zero-order valence-corrected chi connectivity index (χ0v) is 19.2. The molecule has 1 fully saturated rings. The monoisotopic (exact) mass is 471 g/mol. The molecular weight excluding hydrogens is 446 g/mol. The van der Waals surface area contributed by atoms with Gasteiger partial charge in [0.25, 0.3) is 0 Å². The Morgan fingerprint density at radius 2 is 2.06 bits per heavy atom. The number of fused-ring (bicyclic) bond motifs is 1. The number of ether oxygens (including phenoxy) is 1. The molecule has 0 aliphatic carbocycles. The van der Waals surface area contributed by atoms with Crippen LogP contribution >= 0.6 is 0 Å². The van der Waals surface area contributed by atoms with Crippen LogP contribution in [0.25, 0.3) is 22.0 Å². The molecule has 0 radical (unpaired) electrons. The summed E-state index contributed by atoms with van der Waals surface area (Å²) in [5.41, 5.74) is 9.03. The SMILES string of the molecule is Cc1ccc2c(N)cccc2c1Oc1nnccc1-c1ccnc(N[C@H]2CCCN(C(=O)O)C2)n1. The Morgan fingerprint density at radius 3 is 2.91 bits per heavy atom. The molecule has 3 heterocycles. The Labute approximate surface area is 201 Å². The average Bonchev–Trinajstić information content (AvgIpc) is 2.86. The lowest BCUT2D eigenvalue weighted by Crippen LogP contribution is -2.44. The maximum Gasteiger partial charge on any atom is 0.407 e. The van der Waals surface area contributed by atoms with Gasteiger partial charge in [-0.05, 0) is 43.5 Å². The van der Waals surface area contributed by atoms with Crippen molar-refractivity contribution in [3.63, 3.8) is 0 Å². The average molecular weight is 472 g/mol. The Morgan fingerprint density at radius 1 is 1.17 bits per heavy atom. The molecule has 10 nitrogen and oxygen atoms in total. The van der Waals surface area contributed by atoms with Crippen LogP contribution in [0, 0.1) is 6.92 Å². The van der Waals surface area contributed by atoms with E-state index in [1.54, 1.807) is 24.5 Å². The van der Waals surface area contributed by atoms with Gasteiger partial charge in [-0.15, -0.1) is 5.10 Å². The van der Waals surface area contributed by atoms with Gasteiger partial charge in [0.1, 0.15) is 5.75 Å². The fourth-order valence-corrected chi connectivity index (χ4v) is 4.31. The largest absolute Gasteiger partial charge is 0.465 e. The minimum atomic E-state index is -0.915. The molecular formula is C25H25N7O3. The van der Waals surface area contributed by atoms with Gasteiger partial charge in [0.15, 0.2) is 0 Å². The van der Waals surface area contributed by atoms with Crippen LogP contribution in [0.5, 0.6) is 11.6 Å². The first-order valence-corrected chi connectivity index (χ1v) is 11.3. The second kappa shape index (κ2) is 9.41. The van der Waals surface area contributed by atoms with E-state index in [0.717, 1.165) is 29.2 Å². The van der Waals surface area contributed by atoms with E-state index in [0.29, 0.717) is 47.6 Å². The first kappa shape index (κ1) is 22.3. The van der Waals surface area contributed by atoms with Gasteiger partial charge < -0.3 is 25.8 Å². The van der Waals surface area contributed by atoms with E-state index in [9.17, 15) is 9.90 Å². The van der Waals surface area contributed by atoms with Crippen molar-refractivity contribution in [2.45, 2.75) is 25.8 Å². The highest BCUT2D eigenvalue weighted by molar-refractivity contribution is 5.97. The number of aryl methyl sites for hydroxylation is 1. The molecule has 35 heavy (non-hydrogen) atoms. The van der Waals surface area contributed by atoms with E-state index in [-0.39, 0.29) is 6.04 Å². The fraction of sp³-hybridized carbons (Fsp3) is 0.240. The molecule has 178 valence electrons. The Bertz CT molecular complexity index is 1390. The molecule has 1 aliphatic rings. The van der Waals surface area contributed by atoms with E-state index < -0.39 is 6.09 Å². The lowest BCUT2D eigenvalue weighted by atomic mass is 10.0. The number of nitrogens with one attached hydrogen (secondary N) is 1. The van der Waals surface area contributed by atoms with Crippen LogP contribution in [-0.4, -0.2) is 55.4 Å². The van der Waals surface area contributed by atoms with E-state index in [1.165, 1.54) is 4.90 Å². The molecule has 4 N–H and O–H groups in total. The smallest absolute Gasteiger partial charge is 0.407 e. The van der Waals surface area contributed by atoms with Crippen molar-refractivity contribution in [3.8, 4) is 22.9 Å². The number of nitrogen functional groups attached to an aromatic ring is 1. The minimum Gasteiger partial charge on any atom is -0.465 e. The lowest BCUT2D eigenvalue weighted by molar-refractivity contribution is 0.132. The third-order valence-electron chi connectivity index (χ3n) is 6.08. The molecule has 0 unspecified atom stereocenters. The number of benzene rings is 2. The summed E-state index contributed by atoms with van der Waals surface area (Å²) in [6.07, 6.45) is 3.94. The van der Waals surface area contributed by atoms with Gasteiger partial charge >= 0.3 is 6.09 Å². The van der Waals surface area contributed by atoms with Crippen LogP contribution < -0.4 is 15.8 Å². The number of nitrogens with zero attached hydrogens (tertiary/aromatic N) is 5. The lowest BCUT2D eigenvalue weighted by Gasteiger charge is -2.31. The molecule has 2 aromatic carbocycles. The third-order valence-corrected chi connectivity index (χ3v) is 6.08. The minimum absolute atomic E-state index is 0.0647. The Kier molecular flexibility index (Phi) is 6.01. The predicted octanol–water partition coefficient (Wildman–Crippen LogP) is 4.32. The number of amides is 1. The van der Waals surface area contributed by atoms with Gasteiger partial charge in [-0.1, -0.05) is 24.3 Å². The molecule has 4 aromatic rings. The van der Waals surface area contributed by atoms with Crippen LogP contribution in [0.4, 0.5) is 16.4 Å². The maximum atomic E-state index is 11.3. The molecule has 1 atom stereocenters. The van der Waals surface area contributed by atoms with Gasteiger partial charge in [0.2, 0.25) is 11.8 Å². The number of carbonyl (C=O) groups is 1. The molecule has 5 rings (SSSR count). The van der Waals surface area contributed by atoms with Crippen LogP contribution in [0.1, 0.15) is 18.4 Å². The first-order valence-electron chi connectivity index (χ1n) is 11.3. The highest BCUT2D eigenvalue weighted by Crippen LogP contribution is 2.37. The van der Waals surface area contributed by atoms with Crippen LogP contribution in [-0.2, 0) is 0 Å². The van der Waals surface area contributed by atoms with Gasteiger partial charge in [0.05, 0.1) is 17.5 Å². The molecule has 0 spiro atoms. The molecule has 10 heteroatoms. The van der Waals surface area contributed by atoms with Crippen LogP contribution in [0.2, 0.25) is 0 Å². The summed E-state index contributed by atoms with van der Waals surface area (Å²) < 4.78 is 6.31. The van der Waals surface area contributed by atoms with E-state index in [2.05, 4.69) is 25.5 Å². The number of rotatable bonds is 5. The second-order valence-electron chi connectivity index (χ2n) is 8.48. The number of likely N-dealkylation sites (tertiary alicyclic amines) is 1. The Hall–Kier alpha value is -4.47. The predicted molar refractivity (Wildman–Crippen MR) is 132 cm³/mol. The zero-order chi connectivity index (χ0) is 24.4. The quantitative estimate of drug-likeness (QED) is 0.363. The summed E-state index contributed by atoms with van der Waals surface area (Å²) in [5.74, 6) is 1.38. The molecule has 1 aliphatic heterocycles. The van der Waals surface area contributed by atoms with Crippen molar-refractivity contribution in [2.24, 2.45) is 0 Å². The Balaban J connectivity index is 1.45. The molecule has 1 amide bonds. The summed E-state index contributed by atoms with van der Waals surface area (Å²) in [4.78, 5) is 21.7. The summed E-state index contributed by atoms with van der Waals surface area (Å²) in [5, 5.41) is 22.6. The molecule has 0 bridgehead atoms. The standard InChI is InChI=1S/C25H25N7O3/c1-15-7-8-17-18(5-2-6-20(17)26)22(15)35-23-19(9-12-28-31-23)21-10-11-27-24(30-21)29-16-4-3-13-32(14-16)25(33)34/h2,5-12,16H,3-4,13-14,26H2,1H3,(H,33,34)(H,27,29,30)/t16-/m0/s1. The number of carboxylic acid groups (broad SMARTS) is 1. The number of anilines is 2. The maximum absolute atomic E-state index is 11.3. The van der Waals surface area contributed by atoms with E-state index in [4.69, 9.17) is 10.5 Å². The number of piperidine rings is 1. The van der Waals surface area contributed by atoms with Crippen LogP contribution in [0.3, 0.4) is 0 Å². The fourth-order valence-electron chi connectivity index (χ4n) is 4.31. The van der Waals surface area contributed by atoms with Crippen molar-refractivity contribution in [2.75, 3.05) is 24.1 Å². The molecule has 2 aromatic heterocycles. The van der Waals surface area contributed by atoms with Gasteiger partial charge in [-0.25, -0.2) is 14.8 Å². The van der Waals surface area contributed by atoms with Gasteiger partial charge in [0, 0.05) is 41.8 Å². The van der Waals surface area contributed by atoms with Gasteiger partial charge in [-0.3, -0.25) is 0 Å². The van der Waals surface area contributed by atoms with Crippen molar-refractivity contribution < 1.29 is 14.6 Å². The summed E-state index contributed by atoms with van der Waals surface area (Å²) >= 11 is 0. The highest BCUT2D eigenvalue weighted by atomic mass is 16.5. The van der Waals surface area contributed by atoms with Crippen LogP contribution in [0.15, 0.2) is 54.9 Å². The number of aromatic nitrogens is 4. The molecule has 0 saturated carbocycles. The third kappa shape index (κ3) is 4.63. The van der Waals surface area contributed by atoms with Crippen molar-refractivity contribution in [3.05, 3.63) is 60.4 Å². The van der Waals surface area contributed by atoms with E-state index >= 15 is 0 Å². The number of hydrogen-bond acceptors (Lipinski definition) is 8. The first-order chi connectivity index (χ1) is 17.0. The summed E-state index contributed by atoms with van der Waals surface area (Å²) in [7, 11) is 0. The number of nitrogens with two attached hydrogens (primary N) is 1. The zero-order valence-electron chi connectivity index (χ0n) is 19.2. The van der Waals surface area contributed by atoms with Gasteiger partial charge in [-0.2, -0.15) is 5.10 Å².